The number of amides is 3. The third-order valence-corrected chi connectivity index (χ3v) is 5.06. The predicted octanol–water partition coefficient (Wildman–Crippen LogP) is 1.05. The topological polar surface area (TPSA) is 126 Å². The van der Waals surface area contributed by atoms with Gasteiger partial charge in [0.05, 0.1) is 12.8 Å². The van der Waals surface area contributed by atoms with Crippen LogP contribution in [0.1, 0.15) is 37.8 Å². The molecule has 2 aromatic rings. The summed E-state index contributed by atoms with van der Waals surface area (Å²) in [5.41, 5.74) is 1.38. The lowest BCUT2D eigenvalue weighted by molar-refractivity contribution is -0.136. The number of carbonyl (C=O) groups is 3. The molecule has 166 valence electrons. The van der Waals surface area contributed by atoms with Crippen LogP contribution in [-0.4, -0.2) is 40.7 Å². The van der Waals surface area contributed by atoms with Crippen LogP contribution in [0.25, 0.3) is 0 Å². The van der Waals surface area contributed by atoms with Gasteiger partial charge in [-0.25, -0.2) is 4.68 Å². The van der Waals surface area contributed by atoms with E-state index >= 15 is 0 Å². The number of hydrogen-bond donors (Lipinski definition) is 4. The minimum Gasteiger partial charge on any atom is -0.496 e. The monoisotopic (exact) mass is 428 g/mol. The first kappa shape index (κ1) is 22.3. The quantitative estimate of drug-likeness (QED) is 0.510. The molecule has 0 spiro atoms. The molecule has 0 radical (unpaired) electrons. The van der Waals surface area contributed by atoms with Gasteiger partial charge in [0.1, 0.15) is 11.6 Å². The molecule has 10 heteroatoms. The van der Waals surface area contributed by atoms with E-state index in [1.807, 2.05) is 26.0 Å². The first-order valence-corrected chi connectivity index (χ1v) is 10.1. The van der Waals surface area contributed by atoms with Crippen molar-refractivity contribution in [2.24, 2.45) is 5.92 Å². The van der Waals surface area contributed by atoms with Crippen LogP contribution in [0, 0.1) is 12.8 Å². The first-order chi connectivity index (χ1) is 14.8. The Balaban J connectivity index is 1.68. The van der Waals surface area contributed by atoms with E-state index in [1.165, 1.54) is 4.68 Å². The fourth-order valence-electron chi connectivity index (χ4n) is 3.36. The second kappa shape index (κ2) is 9.61. The number of aromatic nitrogens is 2. The number of carbonyl (C=O) groups excluding carboxylic acids is 3. The number of ether oxygens (including phenoxy) is 1. The summed E-state index contributed by atoms with van der Waals surface area (Å²) >= 11 is 0. The molecule has 1 aliphatic heterocycles. The van der Waals surface area contributed by atoms with Gasteiger partial charge in [-0.15, -0.1) is 0 Å². The van der Waals surface area contributed by atoms with E-state index in [0.717, 1.165) is 5.56 Å². The Bertz CT molecular complexity index is 971. The number of nitrogens with zero attached hydrogens (tertiary/aromatic N) is 2. The molecule has 0 aliphatic carbocycles. The molecule has 2 heterocycles. The van der Waals surface area contributed by atoms with Gasteiger partial charge in [-0.2, -0.15) is 5.10 Å². The maximum Gasteiger partial charge on any atom is 0.314 e. The molecule has 2 atom stereocenters. The van der Waals surface area contributed by atoms with Crippen molar-refractivity contribution in [2.75, 3.05) is 12.4 Å². The Morgan fingerprint density at radius 1 is 1.29 bits per heavy atom. The summed E-state index contributed by atoms with van der Waals surface area (Å²) in [4.78, 5) is 36.9. The van der Waals surface area contributed by atoms with Crippen LogP contribution in [0.15, 0.2) is 30.3 Å². The van der Waals surface area contributed by atoms with Crippen molar-refractivity contribution in [3.63, 3.8) is 0 Å². The summed E-state index contributed by atoms with van der Waals surface area (Å²) in [5, 5.41) is 15.7. The average molecular weight is 428 g/mol. The van der Waals surface area contributed by atoms with Crippen molar-refractivity contribution in [1.29, 1.82) is 0 Å². The predicted molar refractivity (Wildman–Crippen MR) is 114 cm³/mol. The van der Waals surface area contributed by atoms with E-state index in [-0.39, 0.29) is 24.4 Å². The van der Waals surface area contributed by atoms with Crippen LogP contribution in [0.3, 0.4) is 0 Å². The maximum absolute atomic E-state index is 12.5. The van der Waals surface area contributed by atoms with Gasteiger partial charge in [-0.3, -0.25) is 19.7 Å². The van der Waals surface area contributed by atoms with Crippen LogP contribution in [0.5, 0.6) is 5.75 Å². The molecule has 4 N–H and O–H groups in total. The molecule has 31 heavy (non-hydrogen) atoms. The Kier molecular flexibility index (Phi) is 6.91. The van der Waals surface area contributed by atoms with E-state index in [2.05, 4.69) is 26.4 Å². The lowest BCUT2D eigenvalue weighted by Crippen LogP contribution is -2.55. The van der Waals surface area contributed by atoms with E-state index in [4.69, 9.17) is 4.74 Å². The molecule has 1 saturated heterocycles. The van der Waals surface area contributed by atoms with Gasteiger partial charge in [0.2, 0.25) is 5.91 Å². The summed E-state index contributed by atoms with van der Waals surface area (Å²) in [7, 11) is 1.54. The van der Waals surface area contributed by atoms with Crippen molar-refractivity contribution in [3.05, 3.63) is 41.6 Å². The zero-order chi connectivity index (χ0) is 22.5. The standard InChI is InChI=1S/C21H28N6O4/c1-12(2)15-10-18(28)25-21(23-15)27-17(9-13(3)26-27)24-20(30)19(29)22-11-14-7-5-6-8-16(14)31-4/h5-9,12,15,21,23H,10-11H2,1-4H3,(H,22,29)(H,24,30)(H,25,28). The van der Waals surface area contributed by atoms with Crippen molar-refractivity contribution in [3.8, 4) is 5.75 Å². The normalized spacial score (nSPS) is 18.4. The lowest BCUT2D eigenvalue weighted by Gasteiger charge is -2.34. The highest BCUT2D eigenvalue weighted by molar-refractivity contribution is 6.39. The van der Waals surface area contributed by atoms with Gasteiger partial charge in [0, 0.05) is 30.6 Å². The summed E-state index contributed by atoms with van der Waals surface area (Å²) in [6.07, 6.45) is -0.268. The molecular formula is C21H28N6O4. The highest BCUT2D eigenvalue weighted by atomic mass is 16.5. The molecule has 2 unspecified atom stereocenters. The zero-order valence-electron chi connectivity index (χ0n) is 18.1. The molecule has 1 fully saturated rings. The number of methoxy groups -OCH3 is 1. The molecule has 0 saturated carbocycles. The van der Waals surface area contributed by atoms with Crippen LogP contribution >= 0.6 is 0 Å². The Labute approximate surface area is 180 Å². The van der Waals surface area contributed by atoms with Crippen LogP contribution < -0.4 is 26.0 Å². The fourth-order valence-corrected chi connectivity index (χ4v) is 3.36. The minimum atomic E-state index is -0.835. The van der Waals surface area contributed by atoms with E-state index in [0.29, 0.717) is 23.7 Å². The van der Waals surface area contributed by atoms with Crippen molar-refractivity contribution in [2.45, 2.75) is 46.1 Å². The summed E-state index contributed by atoms with van der Waals surface area (Å²) in [6.45, 7) is 5.95. The largest absolute Gasteiger partial charge is 0.496 e. The molecule has 0 bridgehead atoms. The number of para-hydroxylation sites is 1. The van der Waals surface area contributed by atoms with E-state index in [9.17, 15) is 14.4 Å². The van der Waals surface area contributed by atoms with Gasteiger partial charge >= 0.3 is 11.8 Å². The minimum absolute atomic E-state index is 0.0315. The highest BCUT2D eigenvalue weighted by Gasteiger charge is 2.30. The summed E-state index contributed by atoms with van der Waals surface area (Å²) < 4.78 is 6.71. The highest BCUT2D eigenvalue weighted by Crippen LogP contribution is 2.20. The summed E-state index contributed by atoms with van der Waals surface area (Å²) in [6, 6.07) is 8.83. The third kappa shape index (κ3) is 5.40. The number of aryl methyl sites for hydroxylation is 1. The molecule has 1 aliphatic rings. The smallest absolute Gasteiger partial charge is 0.314 e. The van der Waals surface area contributed by atoms with E-state index < -0.39 is 18.1 Å². The number of nitrogens with one attached hydrogen (secondary N) is 4. The molecule has 1 aromatic heterocycles. The van der Waals surface area contributed by atoms with Gasteiger partial charge < -0.3 is 20.7 Å². The van der Waals surface area contributed by atoms with Crippen molar-refractivity contribution < 1.29 is 19.1 Å². The van der Waals surface area contributed by atoms with E-state index in [1.54, 1.807) is 32.2 Å². The molecule has 3 rings (SSSR count). The summed E-state index contributed by atoms with van der Waals surface area (Å²) in [5.74, 6) is -0.574. The maximum atomic E-state index is 12.5. The molecule has 10 nitrogen and oxygen atoms in total. The van der Waals surface area contributed by atoms with Gasteiger partial charge in [-0.1, -0.05) is 32.0 Å². The molecule has 1 aromatic carbocycles. The molecule has 3 amide bonds. The fraction of sp³-hybridized carbons (Fsp3) is 0.429. The SMILES string of the molecule is COc1ccccc1CNC(=O)C(=O)Nc1cc(C)nn1C1NC(=O)CC(C(C)C)N1. The van der Waals surface area contributed by atoms with Crippen LogP contribution in [-0.2, 0) is 20.9 Å². The number of hydrogen-bond acceptors (Lipinski definition) is 6. The van der Waals surface area contributed by atoms with Crippen LogP contribution in [0.2, 0.25) is 0 Å². The molecular weight excluding hydrogens is 400 g/mol. The second-order valence-corrected chi connectivity index (χ2v) is 7.76. The van der Waals surface area contributed by atoms with Gasteiger partial charge in [0.15, 0.2) is 6.29 Å². The number of benzene rings is 1. The van der Waals surface area contributed by atoms with Crippen LogP contribution in [0.4, 0.5) is 5.82 Å². The Morgan fingerprint density at radius 3 is 2.74 bits per heavy atom. The number of rotatable bonds is 6. The van der Waals surface area contributed by atoms with Gasteiger partial charge in [0.25, 0.3) is 0 Å². The second-order valence-electron chi connectivity index (χ2n) is 7.76. The third-order valence-electron chi connectivity index (χ3n) is 5.06. The van der Waals surface area contributed by atoms with Crippen molar-refractivity contribution in [1.82, 2.24) is 25.7 Å². The Hall–Kier alpha value is -3.40. The van der Waals surface area contributed by atoms with Crippen molar-refractivity contribution >= 4 is 23.5 Å². The lowest BCUT2D eigenvalue weighted by atomic mass is 9.99. The van der Waals surface area contributed by atoms with Gasteiger partial charge in [-0.05, 0) is 18.9 Å². The number of anilines is 1. The zero-order valence-corrected chi connectivity index (χ0v) is 18.1. The average Bonchev–Trinajstić information content (AvgIpc) is 3.11. The Morgan fingerprint density at radius 2 is 2.03 bits per heavy atom. The first-order valence-electron chi connectivity index (χ1n) is 10.1.